The Morgan fingerprint density at radius 3 is 2.36 bits per heavy atom. The molecule has 0 aliphatic carbocycles. The lowest BCUT2D eigenvalue weighted by Crippen LogP contribution is -2.41. The molecule has 1 aliphatic rings. The minimum atomic E-state index is -1.58. The first-order valence-corrected chi connectivity index (χ1v) is 8.28. The van der Waals surface area contributed by atoms with Gasteiger partial charge in [0, 0.05) is 13.1 Å². The van der Waals surface area contributed by atoms with Crippen molar-refractivity contribution in [3.63, 3.8) is 0 Å². The number of nitrogens with zero attached hydrogens (tertiary/aromatic N) is 1. The Kier molecular flexibility index (Phi) is 5.26. The summed E-state index contributed by atoms with van der Waals surface area (Å²) in [5, 5.41) is 2.32. The lowest BCUT2D eigenvalue weighted by molar-refractivity contribution is 0.182. The molecule has 0 spiro atoms. The third-order valence-electron chi connectivity index (χ3n) is 4.55. The highest BCUT2D eigenvalue weighted by atomic mass is 19.2. The quantitative estimate of drug-likeness (QED) is 0.809. The summed E-state index contributed by atoms with van der Waals surface area (Å²) in [4.78, 5) is 13.8. The molecule has 0 saturated carbocycles. The van der Waals surface area contributed by atoms with E-state index in [-0.39, 0.29) is 5.69 Å². The molecular weight excluding hydrogens is 329 g/mol. The molecule has 2 aromatic rings. The molecule has 0 atom stereocenters. The third-order valence-corrected chi connectivity index (χ3v) is 4.55. The molecule has 1 aliphatic heterocycles. The standard InChI is InChI=1S/C19H19F3N2O/c20-15-6-7-16(18(22)17(15)21)23-19(25)24-10-8-14(9-11-24)12-13-4-2-1-3-5-13/h1-7,14H,8-12H2,(H,23,25). The van der Waals surface area contributed by atoms with Crippen LogP contribution in [0.25, 0.3) is 0 Å². The van der Waals surface area contributed by atoms with Gasteiger partial charge in [0.2, 0.25) is 0 Å². The maximum atomic E-state index is 13.6. The van der Waals surface area contributed by atoms with Crippen LogP contribution in [-0.4, -0.2) is 24.0 Å². The number of nitrogens with one attached hydrogen (secondary N) is 1. The zero-order chi connectivity index (χ0) is 17.8. The predicted octanol–water partition coefficient (Wildman–Crippen LogP) is 4.59. The van der Waals surface area contributed by atoms with E-state index in [9.17, 15) is 18.0 Å². The number of rotatable bonds is 3. The summed E-state index contributed by atoms with van der Waals surface area (Å²) >= 11 is 0. The molecule has 1 heterocycles. The van der Waals surface area contributed by atoms with Crippen LogP contribution in [-0.2, 0) is 6.42 Å². The second kappa shape index (κ2) is 7.59. The lowest BCUT2D eigenvalue weighted by atomic mass is 9.90. The number of hydrogen-bond donors (Lipinski definition) is 1. The monoisotopic (exact) mass is 348 g/mol. The van der Waals surface area contributed by atoms with Gasteiger partial charge in [0.15, 0.2) is 17.5 Å². The van der Waals surface area contributed by atoms with E-state index in [1.54, 1.807) is 4.90 Å². The van der Waals surface area contributed by atoms with E-state index in [2.05, 4.69) is 17.4 Å². The molecular formula is C19H19F3N2O. The van der Waals surface area contributed by atoms with Gasteiger partial charge in [-0.1, -0.05) is 30.3 Å². The molecule has 1 N–H and O–H groups in total. The maximum Gasteiger partial charge on any atom is 0.321 e. The van der Waals surface area contributed by atoms with Crippen molar-refractivity contribution in [2.24, 2.45) is 5.92 Å². The molecule has 2 amide bonds. The minimum absolute atomic E-state index is 0.352. The van der Waals surface area contributed by atoms with E-state index in [0.29, 0.717) is 19.0 Å². The number of carbonyl (C=O) groups excluding carboxylic acids is 1. The average molecular weight is 348 g/mol. The molecule has 132 valence electrons. The number of piperidine rings is 1. The smallest absolute Gasteiger partial charge is 0.321 e. The fraction of sp³-hybridized carbons (Fsp3) is 0.316. The van der Waals surface area contributed by atoms with E-state index in [1.165, 1.54) is 5.56 Å². The van der Waals surface area contributed by atoms with Crippen molar-refractivity contribution in [3.8, 4) is 0 Å². The van der Waals surface area contributed by atoms with Gasteiger partial charge < -0.3 is 10.2 Å². The highest BCUT2D eigenvalue weighted by Gasteiger charge is 2.24. The third kappa shape index (κ3) is 4.13. The van der Waals surface area contributed by atoms with Crippen LogP contribution >= 0.6 is 0 Å². The van der Waals surface area contributed by atoms with Crippen LogP contribution in [0.2, 0.25) is 0 Å². The van der Waals surface area contributed by atoms with Crippen LogP contribution in [0.4, 0.5) is 23.7 Å². The number of carbonyl (C=O) groups is 1. The normalized spacial score (nSPS) is 15.2. The Balaban J connectivity index is 1.54. The number of anilines is 1. The van der Waals surface area contributed by atoms with E-state index < -0.39 is 23.5 Å². The van der Waals surface area contributed by atoms with Gasteiger partial charge in [-0.05, 0) is 42.9 Å². The molecule has 3 nitrogen and oxygen atoms in total. The van der Waals surface area contributed by atoms with Crippen molar-refractivity contribution in [1.29, 1.82) is 0 Å². The Morgan fingerprint density at radius 2 is 1.68 bits per heavy atom. The number of halogens is 3. The van der Waals surface area contributed by atoms with E-state index >= 15 is 0 Å². The van der Waals surface area contributed by atoms with E-state index in [1.807, 2.05) is 18.2 Å². The lowest BCUT2D eigenvalue weighted by Gasteiger charge is -2.32. The molecule has 1 saturated heterocycles. The first-order chi connectivity index (χ1) is 12.0. The first-order valence-electron chi connectivity index (χ1n) is 8.28. The van der Waals surface area contributed by atoms with Crippen molar-refractivity contribution < 1.29 is 18.0 Å². The summed E-state index contributed by atoms with van der Waals surface area (Å²) in [6, 6.07) is 11.5. The molecule has 6 heteroatoms. The molecule has 0 bridgehead atoms. The first kappa shape index (κ1) is 17.3. The van der Waals surface area contributed by atoms with Crippen molar-refractivity contribution >= 4 is 11.7 Å². The molecule has 1 fully saturated rings. The van der Waals surface area contributed by atoms with Crippen LogP contribution in [0.5, 0.6) is 0 Å². The highest BCUT2D eigenvalue weighted by molar-refractivity contribution is 5.89. The van der Waals surface area contributed by atoms with Crippen LogP contribution in [0.15, 0.2) is 42.5 Å². The summed E-state index contributed by atoms with van der Waals surface area (Å²) in [6.07, 6.45) is 2.67. The number of hydrogen-bond acceptors (Lipinski definition) is 1. The van der Waals surface area contributed by atoms with Crippen LogP contribution in [0.1, 0.15) is 18.4 Å². The summed E-state index contributed by atoms with van der Waals surface area (Å²) in [5.41, 5.74) is 0.921. The highest BCUT2D eigenvalue weighted by Crippen LogP contribution is 2.24. The fourth-order valence-corrected chi connectivity index (χ4v) is 3.10. The second-order valence-electron chi connectivity index (χ2n) is 6.27. The van der Waals surface area contributed by atoms with Gasteiger partial charge in [-0.3, -0.25) is 0 Å². The zero-order valence-electron chi connectivity index (χ0n) is 13.6. The van der Waals surface area contributed by atoms with Crippen molar-refractivity contribution in [2.45, 2.75) is 19.3 Å². The molecule has 0 aromatic heterocycles. The number of urea groups is 1. The van der Waals surface area contributed by atoms with Gasteiger partial charge in [0.25, 0.3) is 0 Å². The van der Waals surface area contributed by atoms with Gasteiger partial charge in [-0.25, -0.2) is 18.0 Å². The van der Waals surface area contributed by atoms with Crippen molar-refractivity contribution in [2.75, 3.05) is 18.4 Å². The van der Waals surface area contributed by atoms with Crippen LogP contribution in [0, 0.1) is 23.4 Å². The number of benzene rings is 2. The Morgan fingerprint density at radius 1 is 1.00 bits per heavy atom. The van der Waals surface area contributed by atoms with Crippen molar-refractivity contribution in [1.82, 2.24) is 4.90 Å². The fourth-order valence-electron chi connectivity index (χ4n) is 3.10. The summed E-state index contributed by atoms with van der Waals surface area (Å²) in [6.45, 7) is 1.10. The topological polar surface area (TPSA) is 32.3 Å². The number of amides is 2. The molecule has 25 heavy (non-hydrogen) atoms. The van der Waals surface area contributed by atoms with Gasteiger partial charge in [0.05, 0.1) is 5.69 Å². The van der Waals surface area contributed by atoms with E-state index in [4.69, 9.17) is 0 Å². The second-order valence-corrected chi connectivity index (χ2v) is 6.27. The SMILES string of the molecule is O=C(Nc1ccc(F)c(F)c1F)N1CCC(Cc2ccccc2)CC1. The molecule has 2 aromatic carbocycles. The molecule has 0 radical (unpaired) electrons. The largest absolute Gasteiger partial charge is 0.325 e. The zero-order valence-corrected chi connectivity index (χ0v) is 13.6. The minimum Gasteiger partial charge on any atom is -0.325 e. The average Bonchev–Trinajstić information content (AvgIpc) is 2.63. The van der Waals surface area contributed by atoms with Crippen LogP contribution < -0.4 is 5.32 Å². The Labute approximate surface area is 144 Å². The summed E-state index contributed by atoms with van der Waals surface area (Å²) < 4.78 is 39.8. The maximum absolute atomic E-state index is 13.6. The molecule has 3 rings (SSSR count). The van der Waals surface area contributed by atoms with Gasteiger partial charge >= 0.3 is 6.03 Å². The Hall–Kier alpha value is -2.50. The van der Waals surface area contributed by atoms with Crippen molar-refractivity contribution in [3.05, 3.63) is 65.5 Å². The predicted molar refractivity (Wildman–Crippen MR) is 89.8 cm³/mol. The van der Waals surface area contributed by atoms with Crippen LogP contribution in [0.3, 0.4) is 0 Å². The summed E-state index contributed by atoms with van der Waals surface area (Å²) in [7, 11) is 0. The molecule has 0 unspecified atom stereocenters. The van der Waals surface area contributed by atoms with Gasteiger partial charge in [0.1, 0.15) is 0 Å². The Bertz CT molecular complexity index is 744. The number of likely N-dealkylation sites (tertiary alicyclic amines) is 1. The van der Waals surface area contributed by atoms with E-state index in [0.717, 1.165) is 31.4 Å². The van der Waals surface area contributed by atoms with Gasteiger partial charge in [-0.2, -0.15) is 0 Å². The van der Waals surface area contributed by atoms with Gasteiger partial charge in [-0.15, -0.1) is 0 Å². The summed E-state index contributed by atoms with van der Waals surface area (Å²) in [5.74, 6) is -3.75.